The normalized spacial score (nSPS) is 14.2. The van der Waals surface area contributed by atoms with Crippen molar-refractivity contribution in [3.63, 3.8) is 0 Å². The van der Waals surface area contributed by atoms with Gasteiger partial charge in [0.15, 0.2) is 0 Å². The molecule has 0 aliphatic carbocycles. The molecule has 0 fully saturated rings. The van der Waals surface area contributed by atoms with Gasteiger partial charge in [-0.25, -0.2) is 9.48 Å². The van der Waals surface area contributed by atoms with E-state index in [2.05, 4.69) is 10.4 Å². The quantitative estimate of drug-likeness (QED) is 0.645. The predicted octanol–water partition coefficient (Wildman–Crippen LogP) is 2.20. The predicted molar refractivity (Wildman–Crippen MR) is 120 cm³/mol. The van der Waals surface area contributed by atoms with Crippen molar-refractivity contribution in [2.24, 2.45) is 0 Å². The van der Waals surface area contributed by atoms with Crippen LogP contribution in [0, 0.1) is 13.8 Å². The van der Waals surface area contributed by atoms with Gasteiger partial charge in [0, 0.05) is 19.6 Å². The van der Waals surface area contributed by atoms with Crippen LogP contribution in [0.15, 0.2) is 53.3 Å². The van der Waals surface area contributed by atoms with E-state index in [-0.39, 0.29) is 30.2 Å². The number of fused-ring (bicyclic) bond motifs is 1. The largest absolute Gasteiger partial charge is 0.348 e. The maximum Gasteiger partial charge on any atom is 0.346 e. The van der Waals surface area contributed by atoms with E-state index >= 15 is 0 Å². The molecular formula is C24H27N5O3. The van der Waals surface area contributed by atoms with E-state index in [1.54, 1.807) is 4.90 Å². The lowest BCUT2D eigenvalue weighted by atomic mass is 10.1. The molecule has 0 saturated heterocycles. The van der Waals surface area contributed by atoms with E-state index in [4.69, 9.17) is 0 Å². The van der Waals surface area contributed by atoms with Crippen LogP contribution in [0.5, 0.6) is 0 Å². The molecule has 166 valence electrons. The third-order valence-electron chi connectivity index (χ3n) is 5.70. The minimum absolute atomic E-state index is 0.0771. The first-order chi connectivity index (χ1) is 15.3. The fraction of sp³-hybridized carbons (Fsp3) is 0.333. The van der Waals surface area contributed by atoms with Crippen LogP contribution in [-0.4, -0.2) is 37.6 Å². The summed E-state index contributed by atoms with van der Waals surface area (Å²) < 4.78 is 2.42. The summed E-state index contributed by atoms with van der Waals surface area (Å²) in [5, 5.41) is 7.07. The van der Waals surface area contributed by atoms with Crippen LogP contribution < -0.4 is 11.0 Å². The fourth-order valence-electron chi connectivity index (χ4n) is 3.91. The van der Waals surface area contributed by atoms with Gasteiger partial charge in [-0.3, -0.25) is 14.2 Å². The molecule has 0 spiro atoms. The minimum atomic E-state index is -0.443. The average molecular weight is 434 g/mol. The number of nitrogens with zero attached hydrogens (tertiary/aromatic N) is 4. The van der Waals surface area contributed by atoms with Gasteiger partial charge in [-0.2, -0.15) is 0 Å². The molecule has 2 amide bonds. The van der Waals surface area contributed by atoms with Gasteiger partial charge >= 0.3 is 5.69 Å². The number of carbonyl (C=O) groups excluding carboxylic acids is 2. The highest BCUT2D eigenvalue weighted by Crippen LogP contribution is 2.15. The third kappa shape index (κ3) is 4.49. The van der Waals surface area contributed by atoms with Crippen molar-refractivity contribution in [2.75, 3.05) is 6.54 Å². The smallest absolute Gasteiger partial charge is 0.346 e. The molecule has 1 aliphatic heterocycles. The van der Waals surface area contributed by atoms with Crippen molar-refractivity contribution in [1.82, 2.24) is 24.6 Å². The number of hydrogen-bond donors (Lipinski definition) is 1. The Labute approximate surface area is 186 Å². The second-order valence-electron chi connectivity index (χ2n) is 8.33. The molecule has 0 saturated carbocycles. The molecule has 1 aliphatic rings. The summed E-state index contributed by atoms with van der Waals surface area (Å²) in [5.74, 6) is -0.560. The molecular weight excluding hydrogens is 406 g/mol. The van der Waals surface area contributed by atoms with Crippen LogP contribution in [0.2, 0.25) is 0 Å². The van der Waals surface area contributed by atoms with Crippen LogP contribution in [0.25, 0.3) is 0 Å². The molecule has 0 unspecified atom stereocenters. The second kappa shape index (κ2) is 8.82. The second-order valence-corrected chi connectivity index (χ2v) is 8.33. The fourth-order valence-corrected chi connectivity index (χ4v) is 3.91. The number of amides is 2. The Bertz CT molecular complexity index is 1210. The highest BCUT2D eigenvalue weighted by atomic mass is 16.2. The van der Waals surface area contributed by atoms with Gasteiger partial charge in [0.05, 0.1) is 6.04 Å². The van der Waals surface area contributed by atoms with Gasteiger partial charge in [0.25, 0.3) is 5.91 Å². The topological polar surface area (TPSA) is 89.2 Å². The van der Waals surface area contributed by atoms with Crippen molar-refractivity contribution in [2.45, 2.75) is 46.4 Å². The number of carbonyl (C=O) groups is 2. The zero-order valence-corrected chi connectivity index (χ0v) is 18.5. The van der Waals surface area contributed by atoms with E-state index in [0.717, 1.165) is 26.9 Å². The lowest BCUT2D eigenvalue weighted by Crippen LogP contribution is -2.42. The Morgan fingerprint density at radius 1 is 1.06 bits per heavy atom. The number of aromatic nitrogens is 3. The lowest BCUT2D eigenvalue weighted by Gasteiger charge is -2.26. The zero-order chi connectivity index (χ0) is 22.8. The molecule has 2 aromatic carbocycles. The molecule has 8 heteroatoms. The minimum Gasteiger partial charge on any atom is -0.348 e. The van der Waals surface area contributed by atoms with Gasteiger partial charge < -0.3 is 10.2 Å². The lowest BCUT2D eigenvalue weighted by molar-refractivity contribution is -0.122. The van der Waals surface area contributed by atoms with Crippen LogP contribution in [0.1, 0.15) is 45.8 Å². The highest BCUT2D eigenvalue weighted by Gasteiger charge is 2.30. The Morgan fingerprint density at radius 2 is 1.81 bits per heavy atom. The molecule has 8 nitrogen and oxygen atoms in total. The number of aryl methyl sites for hydroxylation is 2. The number of benzene rings is 2. The summed E-state index contributed by atoms with van der Waals surface area (Å²) in [7, 11) is 0. The first kappa shape index (κ1) is 21.5. The summed E-state index contributed by atoms with van der Waals surface area (Å²) in [6, 6.07) is 15.7. The maximum absolute atomic E-state index is 12.9. The van der Waals surface area contributed by atoms with Crippen LogP contribution in [0.3, 0.4) is 0 Å². The van der Waals surface area contributed by atoms with Crippen LogP contribution in [-0.2, 0) is 24.4 Å². The monoisotopic (exact) mass is 433 g/mol. The summed E-state index contributed by atoms with van der Waals surface area (Å²) in [6.07, 6.45) is 0. The Kier molecular flexibility index (Phi) is 5.94. The molecule has 4 rings (SSSR count). The number of nitrogens with one attached hydrogen (secondary N) is 1. The molecule has 32 heavy (non-hydrogen) atoms. The van der Waals surface area contributed by atoms with Crippen molar-refractivity contribution in [3.05, 3.63) is 87.1 Å². The van der Waals surface area contributed by atoms with Gasteiger partial charge in [-0.15, -0.1) is 5.10 Å². The SMILES string of the molecule is Cc1ccc([C@@H](C)NC(=O)Cn2nc3n(c2=O)CCN(Cc2cccc(C)c2)C3=O)cc1. The van der Waals surface area contributed by atoms with Crippen molar-refractivity contribution >= 4 is 11.8 Å². The summed E-state index contributed by atoms with van der Waals surface area (Å²) in [4.78, 5) is 39.9. The van der Waals surface area contributed by atoms with Crippen molar-refractivity contribution in [1.29, 1.82) is 0 Å². The van der Waals surface area contributed by atoms with E-state index in [1.165, 1.54) is 4.57 Å². The standard InChI is InChI=1S/C24H27N5O3/c1-16-7-9-20(10-8-16)18(3)25-21(30)15-29-24(32)28-12-11-27(23(31)22(28)26-29)14-19-6-4-5-17(2)13-19/h4-10,13,18H,11-12,14-15H2,1-3H3,(H,25,30)/t18-/m1/s1. The molecule has 1 atom stereocenters. The van der Waals surface area contributed by atoms with Gasteiger partial charge in [0.1, 0.15) is 6.54 Å². The summed E-state index contributed by atoms with van der Waals surface area (Å²) in [5.41, 5.74) is 3.82. The maximum atomic E-state index is 12.9. The van der Waals surface area contributed by atoms with E-state index in [1.807, 2.05) is 69.3 Å². The average Bonchev–Trinajstić information content (AvgIpc) is 3.06. The van der Waals surface area contributed by atoms with Crippen LogP contribution in [0.4, 0.5) is 0 Å². The van der Waals surface area contributed by atoms with Crippen molar-refractivity contribution in [3.8, 4) is 0 Å². The third-order valence-corrected chi connectivity index (χ3v) is 5.70. The molecule has 0 radical (unpaired) electrons. The first-order valence-electron chi connectivity index (χ1n) is 10.7. The summed E-state index contributed by atoms with van der Waals surface area (Å²) in [6.45, 7) is 6.89. The Morgan fingerprint density at radius 3 is 2.53 bits per heavy atom. The zero-order valence-electron chi connectivity index (χ0n) is 18.5. The highest BCUT2D eigenvalue weighted by molar-refractivity contribution is 5.91. The van der Waals surface area contributed by atoms with Crippen molar-refractivity contribution < 1.29 is 9.59 Å². The number of hydrogen-bond acceptors (Lipinski definition) is 4. The van der Waals surface area contributed by atoms with Gasteiger partial charge in [0.2, 0.25) is 11.7 Å². The van der Waals surface area contributed by atoms with Crippen LogP contribution >= 0.6 is 0 Å². The molecule has 1 N–H and O–H groups in total. The molecule has 3 aromatic rings. The molecule has 1 aromatic heterocycles. The van der Waals surface area contributed by atoms with Gasteiger partial charge in [-0.05, 0) is 31.9 Å². The first-order valence-corrected chi connectivity index (χ1v) is 10.7. The van der Waals surface area contributed by atoms with Gasteiger partial charge in [-0.1, -0.05) is 59.7 Å². The molecule has 2 heterocycles. The Balaban J connectivity index is 1.45. The van der Waals surface area contributed by atoms with E-state index < -0.39 is 5.69 Å². The number of rotatable bonds is 6. The molecule has 0 bridgehead atoms. The van der Waals surface area contributed by atoms with E-state index in [0.29, 0.717) is 19.6 Å². The summed E-state index contributed by atoms with van der Waals surface area (Å²) >= 11 is 0. The Hall–Kier alpha value is -3.68. The van der Waals surface area contributed by atoms with E-state index in [9.17, 15) is 14.4 Å².